The summed E-state index contributed by atoms with van der Waals surface area (Å²) in [7, 11) is 0. The molecular weight excluding hydrogens is 650 g/mol. The number of ether oxygens (including phenoxy) is 1. The van der Waals surface area contributed by atoms with E-state index in [4.69, 9.17) is 4.74 Å². The molecule has 0 aromatic heterocycles. The van der Waals surface area contributed by atoms with Crippen LogP contribution in [0.2, 0.25) is 0 Å². The Morgan fingerprint density at radius 2 is 1.63 bits per heavy atom. The molecule has 1 aromatic rings. The van der Waals surface area contributed by atoms with E-state index in [0.717, 1.165) is 24.0 Å². The zero-order valence-corrected chi connectivity index (χ0v) is 31.0. The fourth-order valence-electron chi connectivity index (χ4n) is 7.97. The van der Waals surface area contributed by atoms with E-state index in [1.54, 1.807) is 39.5 Å². The van der Waals surface area contributed by atoms with Crippen molar-refractivity contribution in [1.82, 2.24) is 26.2 Å². The largest absolute Gasteiger partial charge is 0.458 e. The Hall–Kier alpha value is -4.22. The van der Waals surface area contributed by atoms with Gasteiger partial charge in [0.15, 0.2) is 0 Å². The quantitative estimate of drug-likeness (QED) is 0.131. The van der Waals surface area contributed by atoms with Crippen molar-refractivity contribution in [2.45, 2.75) is 110 Å². The number of Topliss-reactive ketones (excluding diaryl/α,β-unsaturated/α-hetero) is 1. The summed E-state index contributed by atoms with van der Waals surface area (Å²) in [5.74, 6) is -3.39. The van der Waals surface area contributed by atoms with Crippen molar-refractivity contribution in [1.29, 1.82) is 0 Å². The van der Waals surface area contributed by atoms with Gasteiger partial charge in [0.2, 0.25) is 17.6 Å². The van der Waals surface area contributed by atoms with Gasteiger partial charge in [-0.3, -0.25) is 19.2 Å². The highest BCUT2D eigenvalue weighted by Crippen LogP contribution is 2.65. The molecule has 0 bridgehead atoms. The number of amides is 5. The van der Waals surface area contributed by atoms with E-state index < -0.39 is 65.3 Å². The van der Waals surface area contributed by atoms with Crippen molar-refractivity contribution >= 4 is 35.5 Å². The number of nitrogens with one attached hydrogen (secondary N) is 4. The molecule has 1 aromatic carbocycles. The van der Waals surface area contributed by atoms with Gasteiger partial charge in [0.1, 0.15) is 23.7 Å². The molecule has 51 heavy (non-hydrogen) atoms. The van der Waals surface area contributed by atoms with E-state index in [-0.39, 0.29) is 41.5 Å². The number of benzene rings is 1. The summed E-state index contributed by atoms with van der Waals surface area (Å²) in [6.45, 7) is 17.0. The molecule has 5 rings (SSSR count). The first-order valence-corrected chi connectivity index (χ1v) is 18.3. The summed E-state index contributed by atoms with van der Waals surface area (Å²) in [4.78, 5) is 83.2. The molecule has 6 atom stereocenters. The van der Waals surface area contributed by atoms with E-state index in [2.05, 4.69) is 41.7 Å². The Morgan fingerprint density at radius 1 is 1.00 bits per heavy atom. The van der Waals surface area contributed by atoms with Crippen molar-refractivity contribution in [3.05, 3.63) is 48.0 Å². The molecule has 1 aliphatic heterocycles. The lowest BCUT2D eigenvalue weighted by molar-refractivity contribution is -0.158. The number of piperidine rings is 1. The van der Waals surface area contributed by atoms with Crippen LogP contribution in [-0.4, -0.2) is 83.3 Å². The Kier molecular flexibility index (Phi) is 11.0. The molecule has 3 aliphatic carbocycles. The first-order chi connectivity index (χ1) is 23.9. The van der Waals surface area contributed by atoms with Crippen LogP contribution in [0.5, 0.6) is 0 Å². The minimum atomic E-state index is -1.02. The number of carbonyl (C=O) groups is 6. The summed E-state index contributed by atoms with van der Waals surface area (Å²) < 4.78 is 5.57. The third-order valence-electron chi connectivity index (χ3n) is 11.0. The molecule has 3 fully saturated rings. The SMILES string of the molecule is C=CCNC(=O)C(=O)C(CC1CC1)NC(=O)[C@@H]1[C@@H]2[C@H](CN1C(=O)[C@@H](NC(=O)N[C@H](C(=O)OC(C)(C)C)C(C)C)C1Cc3ccccc3C1)C2(C)C. The maximum atomic E-state index is 14.8. The second kappa shape index (κ2) is 14.8. The molecule has 12 heteroatoms. The molecule has 12 nitrogen and oxygen atoms in total. The first kappa shape index (κ1) is 38.0. The van der Waals surface area contributed by atoms with Gasteiger partial charge >= 0.3 is 12.0 Å². The van der Waals surface area contributed by atoms with Gasteiger partial charge in [-0.05, 0) is 86.2 Å². The zero-order valence-electron chi connectivity index (χ0n) is 31.0. The third-order valence-corrected chi connectivity index (χ3v) is 11.0. The molecule has 5 amide bonds. The Balaban J connectivity index is 1.39. The minimum absolute atomic E-state index is 0.0541. The molecule has 0 radical (unpaired) electrons. The molecule has 278 valence electrons. The number of nitrogens with zero attached hydrogens (tertiary/aromatic N) is 1. The van der Waals surface area contributed by atoms with E-state index >= 15 is 0 Å². The predicted octanol–water partition coefficient (Wildman–Crippen LogP) is 3.07. The summed E-state index contributed by atoms with van der Waals surface area (Å²) in [6, 6.07) is 3.37. The van der Waals surface area contributed by atoms with E-state index in [9.17, 15) is 28.8 Å². The average Bonchev–Trinajstić information content (AvgIpc) is 3.81. The van der Waals surface area contributed by atoms with Crippen molar-refractivity contribution in [2.75, 3.05) is 13.1 Å². The van der Waals surface area contributed by atoms with Crippen molar-refractivity contribution in [2.24, 2.45) is 35.0 Å². The molecule has 4 aliphatic rings. The maximum absolute atomic E-state index is 14.8. The lowest BCUT2D eigenvalue weighted by Gasteiger charge is -2.35. The fraction of sp³-hybridized carbons (Fsp3) is 0.641. The van der Waals surface area contributed by atoms with Crippen molar-refractivity contribution < 1.29 is 33.5 Å². The van der Waals surface area contributed by atoms with Crippen LogP contribution in [0.4, 0.5) is 4.79 Å². The third kappa shape index (κ3) is 8.64. The average molecular weight is 706 g/mol. The predicted molar refractivity (Wildman–Crippen MR) is 191 cm³/mol. The smallest absolute Gasteiger partial charge is 0.329 e. The lowest BCUT2D eigenvalue weighted by Crippen LogP contribution is -2.61. The molecular formula is C39H55N5O7. The monoisotopic (exact) mass is 705 g/mol. The second-order valence-electron chi connectivity index (χ2n) is 16.8. The van der Waals surface area contributed by atoms with E-state index in [1.807, 2.05) is 24.3 Å². The number of likely N-dealkylation sites (tertiary alicyclic amines) is 1. The van der Waals surface area contributed by atoms with Gasteiger partial charge in [0.25, 0.3) is 5.91 Å². The lowest BCUT2D eigenvalue weighted by atomic mass is 9.93. The van der Waals surface area contributed by atoms with Gasteiger partial charge in [-0.15, -0.1) is 6.58 Å². The Labute approximate surface area is 301 Å². The van der Waals surface area contributed by atoms with Gasteiger partial charge in [0, 0.05) is 13.1 Å². The Bertz CT molecular complexity index is 1540. The maximum Gasteiger partial charge on any atom is 0.329 e. The topological polar surface area (TPSA) is 163 Å². The van der Waals surface area contributed by atoms with Crippen LogP contribution in [0.3, 0.4) is 0 Å². The van der Waals surface area contributed by atoms with Crippen LogP contribution in [0.15, 0.2) is 36.9 Å². The van der Waals surface area contributed by atoms with Gasteiger partial charge in [-0.1, -0.05) is 70.9 Å². The van der Waals surface area contributed by atoms with Crippen LogP contribution in [0.25, 0.3) is 0 Å². The highest BCUT2D eigenvalue weighted by molar-refractivity contribution is 6.38. The number of fused-ring (bicyclic) bond motifs is 2. The number of hydrogen-bond donors (Lipinski definition) is 4. The second-order valence-corrected chi connectivity index (χ2v) is 16.8. The molecule has 1 heterocycles. The number of carbonyl (C=O) groups excluding carboxylic acids is 6. The summed E-state index contributed by atoms with van der Waals surface area (Å²) >= 11 is 0. The number of rotatable bonds is 14. The normalized spacial score (nSPS) is 23.6. The molecule has 1 unspecified atom stereocenters. The van der Waals surface area contributed by atoms with Crippen LogP contribution < -0.4 is 21.3 Å². The Morgan fingerprint density at radius 3 is 2.18 bits per heavy atom. The van der Waals surface area contributed by atoms with Gasteiger partial charge in [0.05, 0.1) is 6.04 Å². The first-order valence-electron chi connectivity index (χ1n) is 18.3. The van der Waals surface area contributed by atoms with Gasteiger partial charge in [-0.25, -0.2) is 9.59 Å². The minimum Gasteiger partial charge on any atom is -0.458 e. The van der Waals surface area contributed by atoms with Crippen LogP contribution in [0, 0.1) is 35.0 Å². The standard InChI is InChI=1S/C39H55N5O7/c1-9-16-40-34(47)32(45)27(17-22-14-15-22)41-33(46)31-28-26(39(28,7)8)20-44(31)35(48)30(25-18-23-12-10-11-13-24(23)19-25)43-37(50)42-29(21(2)3)36(49)51-38(4,5)6/h9-13,21-22,25-31H,1,14-20H2,2-8H3,(H,40,47)(H,41,46)(H2,42,43,50)/t26-,27?,28-,29-,30-,31-/m0/s1. The van der Waals surface area contributed by atoms with Crippen molar-refractivity contribution in [3.8, 4) is 0 Å². The van der Waals surface area contributed by atoms with Crippen LogP contribution >= 0.6 is 0 Å². The molecule has 1 saturated heterocycles. The summed E-state index contributed by atoms with van der Waals surface area (Å²) in [6.07, 6.45) is 4.77. The van der Waals surface area contributed by atoms with Crippen molar-refractivity contribution in [3.63, 3.8) is 0 Å². The molecule has 0 spiro atoms. The number of esters is 1. The van der Waals surface area contributed by atoms with Gasteiger partial charge in [-0.2, -0.15) is 0 Å². The van der Waals surface area contributed by atoms with E-state index in [0.29, 0.717) is 25.8 Å². The molecule has 4 N–H and O–H groups in total. The summed E-state index contributed by atoms with van der Waals surface area (Å²) in [5, 5.41) is 11.1. The number of ketones is 1. The number of urea groups is 1. The fourth-order valence-corrected chi connectivity index (χ4v) is 7.97. The van der Waals surface area contributed by atoms with Crippen LogP contribution in [-0.2, 0) is 41.6 Å². The molecule has 2 saturated carbocycles. The zero-order chi connectivity index (χ0) is 37.4. The van der Waals surface area contributed by atoms with Crippen LogP contribution in [0.1, 0.15) is 78.9 Å². The highest BCUT2D eigenvalue weighted by atomic mass is 16.6. The highest BCUT2D eigenvalue weighted by Gasteiger charge is 2.70. The van der Waals surface area contributed by atoms with Gasteiger partial charge < -0.3 is 30.9 Å². The van der Waals surface area contributed by atoms with E-state index in [1.165, 1.54) is 6.08 Å². The summed E-state index contributed by atoms with van der Waals surface area (Å²) in [5.41, 5.74) is 1.21. The number of hydrogen-bond acceptors (Lipinski definition) is 7.